The molecule has 0 bridgehead atoms. The number of anilines is 1. The second-order valence-electron chi connectivity index (χ2n) is 6.41. The second kappa shape index (κ2) is 7.83. The molecule has 0 fully saturated rings. The van der Waals surface area contributed by atoms with Crippen molar-refractivity contribution in [1.82, 2.24) is 29.5 Å². The van der Waals surface area contributed by atoms with Crippen molar-refractivity contribution in [2.45, 2.75) is 19.9 Å². The van der Waals surface area contributed by atoms with Gasteiger partial charge in [-0.15, -0.1) is 10.2 Å². The first kappa shape index (κ1) is 17.6. The number of hydrogen-bond donors (Lipinski definition) is 1. The third-order valence-electron chi connectivity index (χ3n) is 4.35. The summed E-state index contributed by atoms with van der Waals surface area (Å²) >= 11 is 0. The summed E-state index contributed by atoms with van der Waals surface area (Å²) in [6.07, 6.45) is 9.38. The van der Waals surface area contributed by atoms with Crippen LogP contribution in [0.15, 0.2) is 67.6 Å². The number of nitrogens with zero attached hydrogens (tertiary/aromatic N) is 6. The molecule has 28 heavy (non-hydrogen) atoms. The topological polar surface area (TPSA) is 90.5 Å². The molecule has 0 aliphatic carbocycles. The Balaban J connectivity index is 1.47. The lowest BCUT2D eigenvalue weighted by molar-refractivity contribution is 0.102. The van der Waals surface area contributed by atoms with E-state index in [-0.39, 0.29) is 5.91 Å². The smallest absolute Gasteiger partial charge is 0.259 e. The van der Waals surface area contributed by atoms with Crippen molar-refractivity contribution >= 4 is 11.7 Å². The summed E-state index contributed by atoms with van der Waals surface area (Å²) in [5, 5.41) is 14.9. The first-order chi connectivity index (χ1) is 13.7. The van der Waals surface area contributed by atoms with Crippen LogP contribution in [0.2, 0.25) is 0 Å². The maximum Gasteiger partial charge on any atom is 0.259 e. The number of nitrogens with one attached hydrogen (secondary N) is 1. The van der Waals surface area contributed by atoms with E-state index in [0.29, 0.717) is 17.1 Å². The van der Waals surface area contributed by atoms with Gasteiger partial charge in [0.25, 0.3) is 5.91 Å². The van der Waals surface area contributed by atoms with Crippen LogP contribution in [0.1, 0.15) is 21.5 Å². The number of rotatable bonds is 6. The van der Waals surface area contributed by atoms with Gasteiger partial charge in [0, 0.05) is 31.2 Å². The molecule has 0 radical (unpaired) electrons. The van der Waals surface area contributed by atoms with E-state index < -0.39 is 0 Å². The molecule has 8 heteroatoms. The maximum absolute atomic E-state index is 12.8. The zero-order valence-electron chi connectivity index (χ0n) is 15.4. The molecule has 140 valence electrons. The highest BCUT2D eigenvalue weighted by Crippen LogP contribution is 2.18. The van der Waals surface area contributed by atoms with Gasteiger partial charge in [-0.25, -0.2) is 0 Å². The minimum Gasteiger partial charge on any atom is -0.305 e. The van der Waals surface area contributed by atoms with Gasteiger partial charge < -0.3 is 5.32 Å². The van der Waals surface area contributed by atoms with Crippen LogP contribution in [0.5, 0.6) is 0 Å². The van der Waals surface area contributed by atoms with Gasteiger partial charge in [-0.05, 0) is 43.2 Å². The maximum atomic E-state index is 12.8. The van der Waals surface area contributed by atoms with Crippen molar-refractivity contribution < 1.29 is 4.79 Å². The number of amides is 1. The summed E-state index contributed by atoms with van der Waals surface area (Å²) in [5.41, 5.74) is 3.43. The Labute approximate surface area is 161 Å². The molecule has 0 saturated heterocycles. The van der Waals surface area contributed by atoms with E-state index in [4.69, 9.17) is 0 Å². The molecule has 4 rings (SSSR count). The number of benzene rings is 1. The van der Waals surface area contributed by atoms with Crippen LogP contribution in [-0.4, -0.2) is 35.4 Å². The first-order valence-corrected chi connectivity index (χ1v) is 8.88. The molecular weight excluding hydrogens is 354 g/mol. The van der Waals surface area contributed by atoms with Crippen molar-refractivity contribution in [3.8, 4) is 5.69 Å². The molecule has 8 nitrogen and oxygen atoms in total. The summed E-state index contributed by atoms with van der Waals surface area (Å²) in [4.78, 5) is 16.9. The van der Waals surface area contributed by atoms with Crippen molar-refractivity contribution in [2.24, 2.45) is 0 Å². The molecule has 0 spiro atoms. The van der Waals surface area contributed by atoms with E-state index in [1.54, 1.807) is 35.7 Å². The molecule has 0 aliphatic heterocycles. The Hall–Kier alpha value is -3.81. The van der Waals surface area contributed by atoms with Crippen molar-refractivity contribution in [3.05, 3.63) is 84.3 Å². The highest BCUT2D eigenvalue weighted by molar-refractivity contribution is 6.06. The van der Waals surface area contributed by atoms with E-state index in [2.05, 4.69) is 25.6 Å². The Morgan fingerprint density at radius 2 is 1.86 bits per heavy atom. The zero-order chi connectivity index (χ0) is 19.3. The Morgan fingerprint density at radius 3 is 2.64 bits per heavy atom. The summed E-state index contributed by atoms with van der Waals surface area (Å²) in [6, 6.07) is 11.4. The second-order valence-corrected chi connectivity index (χ2v) is 6.41. The predicted octanol–water partition coefficient (Wildman–Crippen LogP) is 2.66. The lowest BCUT2D eigenvalue weighted by Gasteiger charge is -2.10. The van der Waals surface area contributed by atoms with Gasteiger partial charge in [0.15, 0.2) is 5.82 Å². The summed E-state index contributed by atoms with van der Waals surface area (Å²) < 4.78 is 3.52. The minimum absolute atomic E-state index is 0.230. The van der Waals surface area contributed by atoms with Gasteiger partial charge in [-0.3, -0.25) is 19.0 Å². The van der Waals surface area contributed by atoms with E-state index in [9.17, 15) is 4.79 Å². The van der Waals surface area contributed by atoms with Crippen molar-refractivity contribution in [1.29, 1.82) is 0 Å². The molecule has 4 aromatic rings. The van der Waals surface area contributed by atoms with Crippen LogP contribution in [0.25, 0.3) is 5.69 Å². The molecule has 1 aromatic carbocycles. The fraction of sp³-hybridized carbons (Fsp3) is 0.150. The lowest BCUT2D eigenvalue weighted by atomic mass is 10.1. The number of aromatic nitrogens is 6. The molecule has 3 aromatic heterocycles. The Bertz CT molecular complexity index is 1070. The van der Waals surface area contributed by atoms with Gasteiger partial charge in [-0.2, -0.15) is 5.10 Å². The molecule has 3 heterocycles. The van der Waals surface area contributed by atoms with Gasteiger partial charge in [0.2, 0.25) is 0 Å². The highest BCUT2D eigenvalue weighted by atomic mass is 16.1. The van der Waals surface area contributed by atoms with Crippen molar-refractivity contribution in [2.75, 3.05) is 5.32 Å². The molecule has 0 saturated carbocycles. The van der Waals surface area contributed by atoms with Crippen LogP contribution in [-0.2, 0) is 13.0 Å². The standard InChI is InChI=1S/C20H19N7O/c1-15-2-3-18(26-13-22-23-14-26)17(12-15)20(28)24-19-7-11-27(25-19)10-6-16-4-8-21-9-5-16/h2-5,7-9,11-14H,6,10H2,1H3,(H,24,25,28). The molecular formula is C20H19N7O. The number of carbonyl (C=O) groups excluding carboxylic acids is 1. The van der Waals surface area contributed by atoms with Gasteiger partial charge in [0.05, 0.1) is 11.3 Å². The zero-order valence-corrected chi connectivity index (χ0v) is 15.4. The number of aryl methyl sites for hydroxylation is 3. The van der Waals surface area contributed by atoms with E-state index in [1.807, 2.05) is 48.1 Å². The Morgan fingerprint density at radius 1 is 1.07 bits per heavy atom. The van der Waals surface area contributed by atoms with Crippen LogP contribution in [0.4, 0.5) is 5.82 Å². The largest absolute Gasteiger partial charge is 0.305 e. The van der Waals surface area contributed by atoms with E-state index >= 15 is 0 Å². The SMILES string of the molecule is Cc1ccc(-n2cnnc2)c(C(=O)Nc2ccn(CCc3ccncc3)n2)c1. The minimum atomic E-state index is -0.230. The van der Waals surface area contributed by atoms with Gasteiger partial charge in [0.1, 0.15) is 12.7 Å². The molecule has 0 unspecified atom stereocenters. The summed E-state index contributed by atoms with van der Waals surface area (Å²) in [7, 11) is 0. The number of carbonyl (C=O) groups is 1. The summed E-state index contributed by atoms with van der Waals surface area (Å²) in [5.74, 6) is 0.280. The van der Waals surface area contributed by atoms with Crippen LogP contribution < -0.4 is 5.32 Å². The summed E-state index contributed by atoms with van der Waals surface area (Å²) in [6.45, 7) is 2.66. The van der Waals surface area contributed by atoms with E-state index in [0.717, 1.165) is 18.5 Å². The highest BCUT2D eigenvalue weighted by Gasteiger charge is 2.15. The first-order valence-electron chi connectivity index (χ1n) is 8.88. The molecule has 1 amide bonds. The van der Waals surface area contributed by atoms with Crippen LogP contribution in [0, 0.1) is 6.92 Å². The molecule has 0 atom stereocenters. The third kappa shape index (κ3) is 3.96. The molecule has 1 N–H and O–H groups in total. The fourth-order valence-electron chi connectivity index (χ4n) is 2.91. The quantitative estimate of drug-likeness (QED) is 0.561. The lowest BCUT2D eigenvalue weighted by Crippen LogP contribution is -2.16. The average molecular weight is 373 g/mol. The number of pyridine rings is 1. The average Bonchev–Trinajstić information content (AvgIpc) is 3.39. The normalized spacial score (nSPS) is 10.8. The van der Waals surface area contributed by atoms with Gasteiger partial charge >= 0.3 is 0 Å². The van der Waals surface area contributed by atoms with Crippen molar-refractivity contribution in [3.63, 3.8) is 0 Å². The van der Waals surface area contributed by atoms with Gasteiger partial charge in [-0.1, -0.05) is 11.6 Å². The monoisotopic (exact) mass is 373 g/mol. The fourth-order valence-corrected chi connectivity index (χ4v) is 2.91. The van der Waals surface area contributed by atoms with Crippen LogP contribution >= 0.6 is 0 Å². The number of hydrogen-bond acceptors (Lipinski definition) is 5. The molecule has 0 aliphatic rings. The Kier molecular flexibility index (Phi) is 4.92. The predicted molar refractivity (Wildman–Crippen MR) is 104 cm³/mol. The van der Waals surface area contributed by atoms with E-state index in [1.165, 1.54) is 5.56 Å². The van der Waals surface area contributed by atoms with Crippen LogP contribution in [0.3, 0.4) is 0 Å². The third-order valence-corrected chi connectivity index (χ3v) is 4.35.